The second-order valence-corrected chi connectivity index (χ2v) is 4.68. The number of benzene rings is 1. The van der Waals surface area contributed by atoms with Crippen LogP contribution in [0.3, 0.4) is 0 Å². The van der Waals surface area contributed by atoms with Crippen LogP contribution in [0.25, 0.3) is 0 Å². The molecule has 0 spiro atoms. The number of hydrogen-bond acceptors (Lipinski definition) is 5. The maximum atomic E-state index is 11.4. The number of primary sulfonamides is 1. The lowest BCUT2D eigenvalue weighted by molar-refractivity contribution is -0.137. The summed E-state index contributed by atoms with van der Waals surface area (Å²) in [5.41, 5.74) is 0.0517. The summed E-state index contributed by atoms with van der Waals surface area (Å²) in [6.07, 6.45) is 0. The fourth-order valence-electron chi connectivity index (χ4n) is 1.11. The van der Waals surface area contributed by atoms with Crippen molar-refractivity contribution in [1.29, 1.82) is 0 Å². The van der Waals surface area contributed by atoms with Crippen molar-refractivity contribution >= 4 is 21.8 Å². The van der Waals surface area contributed by atoms with E-state index in [0.717, 1.165) is 12.1 Å². The topological polar surface area (TPSA) is 104 Å². The largest absolute Gasteiger partial charge is 0.460 e. The van der Waals surface area contributed by atoms with Crippen molar-refractivity contribution in [2.24, 2.45) is 5.14 Å². The van der Waals surface area contributed by atoms with Crippen LogP contribution in [0.5, 0.6) is 0 Å². The second kappa shape index (κ2) is 5.07. The molecule has 6 nitrogen and oxygen atoms in total. The number of hydrogen-bond donors (Lipinski definition) is 1. The number of Topliss-reactive ketones (excluding diaryl/α,β-unsaturated/α-hetero) is 1. The normalized spacial score (nSPS) is 10.9. The summed E-state index contributed by atoms with van der Waals surface area (Å²) in [6, 6.07) is 4.72. The van der Waals surface area contributed by atoms with Crippen molar-refractivity contribution in [3.63, 3.8) is 0 Å². The van der Waals surface area contributed by atoms with Gasteiger partial charge in [0.25, 0.3) is 5.78 Å². The van der Waals surface area contributed by atoms with Crippen LogP contribution in [0.4, 0.5) is 0 Å². The minimum atomic E-state index is -3.80. The number of carbonyl (C=O) groups is 2. The third-order valence-electron chi connectivity index (χ3n) is 1.91. The Labute approximate surface area is 98.4 Å². The fraction of sp³-hybridized carbons (Fsp3) is 0.200. The quantitative estimate of drug-likeness (QED) is 0.467. The molecule has 0 saturated carbocycles. The van der Waals surface area contributed by atoms with Gasteiger partial charge in [-0.2, -0.15) is 0 Å². The van der Waals surface area contributed by atoms with E-state index in [4.69, 9.17) is 5.14 Å². The molecule has 1 rings (SSSR count). The molecule has 2 N–H and O–H groups in total. The van der Waals surface area contributed by atoms with Crippen molar-refractivity contribution in [1.82, 2.24) is 0 Å². The lowest BCUT2D eigenvalue weighted by Gasteiger charge is -2.02. The number of ether oxygens (including phenoxy) is 1. The number of esters is 1. The highest BCUT2D eigenvalue weighted by atomic mass is 32.2. The Kier molecular flexibility index (Phi) is 3.97. The van der Waals surface area contributed by atoms with Crippen LogP contribution >= 0.6 is 0 Å². The van der Waals surface area contributed by atoms with Crippen molar-refractivity contribution in [2.75, 3.05) is 6.61 Å². The first kappa shape index (κ1) is 13.3. The predicted molar refractivity (Wildman–Crippen MR) is 58.8 cm³/mol. The molecular formula is C10H11NO5S. The van der Waals surface area contributed by atoms with E-state index in [1.807, 2.05) is 0 Å². The van der Waals surface area contributed by atoms with Crippen LogP contribution in [-0.4, -0.2) is 26.8 Å². The van der Waals surface area contributed by atoms with Gasteiger partial charge in [-0.25, -0.2) is 18.4 Å². The molecule has 7 heteroatoms. The van der Waals surface area contributed by atoms with Gasteiger partial charge in [0.1, 0.15) is 0 Å². The zero-order valence-corrected chi connectivity index (χ0v) is 9.86. The molecule has 0 aliphatic rings. The number of carbonyl (C=O) groups excluding carboxylic acids is 2. The van der Waals surface area contributed by atoms with Gasteiger partial charge in [-0.3, -0.25) is 4.79 Å². The number of ketones is 1. The minimum Gasteiger partial charge on any atom is -0.460 e. The van der Waals surface area contributed by atoms with Crippen molar-refractivity contribution < 1.29 is 22.7 Å². The Morgan fingerprint density at radius 3 is 2.18 bits per heavy atom. The average molecular weight is 257 g/mol. The summed E-state index contributed by atoms with van der Waals surface area (Å²) in [4.78, 5) is 22.4. The van der Waals surface area contributed by atoms with Crippen LogP contribution in [0.1, 0.15) is 17.3 Å². The van der Waals surface area contributed by atoms with Gasteiger partial charge in [-0.15, -0.1) is 0 Å². The van der Waals surface area contributed by atoms with E-state index in [0.29, 0.717) is 0 Å². The van der Waals surface area contributed by atoms with Crippen molar-refractivity contribution in [3.05, 3.63) is 29.8 Å². The van der Waals surface area contributed by atoms with Gasteiger partial charge >= 0.3 is 5.97 Å². The molecule has 0 aliphatic heterocycles. The number of rotatable bonds is 4. The van der Waals surface area contributed by atoms with E-state index in [1.54, 1.807) is 6.92 Å². The number of sulfonamides is 1. The van der Waals surface area contributed by atoms with Gasteiger partial charge in [0.15, 0.2) is 0 Å². The lowest BCUT2D eigenvalue weighted by atomic mass is 10.1. The highest BCUT2D eigenvalue weighted by Gasteiger charge is 2.18. The molecule has 1 aromatic rings. The van der Waals surface area contributed by atoms with E-state index in [1.165, 1.54) is 12.1 Å². The fourth-order valence-corrected chi connectivity index (χ4v) is 1.63. The van der Waals surface area contributed by atoms with E-state index in [9.17, 15) is 18.0 Å². The monoisotopic (exact) mass is 257 g/mol. The first-order valence-corrected chi connectivity index (χ1v) is 6.25. The first-order valence-electron chi connectivity index (χ1n) is 4.70. The Morgan fingerprint density at radius 2 is 1.76 bits per heavy atom. The third kappa shape index (κ3) is 3.36. The average Bonchev–Trinajstić information content (AvgIpc) is 2.27. The third-order valence-corrected chi connectivity index (χ3v) is 2.84. The summed E-state index contributed by atoms with van der Waals surface area (Å²) < 4.78 is 26.4. The molecule has 0 aliphatic carbocycles. The summed E-state index contributed by atoms with van der Waals surface area (Å²) in [6.45, 7) is 1.68. The molecular weight excluding hydrogens is 246 g/mol. The van der Waals surface area contributed by atoms with E-state index < -0.39 is 21.8 Å². The standard InChI is InChI=1S/C10H11NO5S/c1-2-16-10(13)9(12)7-3-5-8(6-4-7)17(11,14)15/h3-6H,2H2,1H3,(H2,11,14,15). The van der Waals surface area contributed by atoms with Crippen LogP contribution in [0.15, 0.2) is 29.2 Å². The maximum absolute atomic E-state index is 11.4. The van der Waals surface area contributed by atoms with Gasteiger partial charge in [-0.05, 0) is 31.2 Å². The van der Waals surface area contributed by atoms with Gasteiger partial charge in [-0.1, -0.05) is 0 Å². The van der Waals surface area contributed by atoms with Crippen LogP contribution < -0.4 is 5.14 Å². The molecule has 0 unspecified atom stereocenters. The maximum Gasteiger partial charge on any atom is 0.379 e. The highest BCUT2D eigenvalue weighted by Crippen LogP contribution is 2.09. The van der Waals surface area contributed by atoms with Crippen molar-refractivity contribution in [2.45, 2.75) is 11.8 Å². The Hall–Kier alpha value is -1.73. The predicted octanol–water partition coefficient (Wildman–Crippen LogP) is 0.0798. The molecule has 0 fully saturated rings. The van der Waals surface area contributed by atoms with Gasteiger partial charge in [0.05, 0.1) is 11.5 Å². The molecule has 0 amide bonds. The molecule has 0 aromatic heterocycles. The number of nitrogens with two attached hydrogens (primary N) is 1. The molecule has 0 saturated heterocycles. The van der Waals surface area contributed by atoms with Crippen molar-refractivity contribution in [3.8, 4) is 0 Å². The summed E-state index contributed by atoms with van der Waals surface area (Å²) in [5.74, 6) is -1.80. The van der Waals surface area contributed by atoms with Gasteiger partial charge < -0.3 is 4.74 Å². The molecule has 17 heavy (non-hydrogen) atoms. The van der Waals surface area contributed by atoms with Gasteiger partial charge in [0, 0.05) is 5.56 Å². The second-order valence-electron chi connectivity index (χ2n) is 3.12. The zero-order valence-electron chi connectivity index (χ0n) is 9.04. The molecule has 0 radical (unpaired) electrons. The van der Waals surface area contributed by atoms with E-state index in [-0.39, 0.29) is 17.1 Å². The molecule has 0 heterocycles. The summed E-state index contributed by atoms with van der Waals surface area (Å²) in [7, 11) is -3.80. The lowest BCUT2D eigenvalue weighted by Crippen LogP contribution is -2.18. The first-order chi connectivity index (χ1) is 7.86. The Bertz CT molecular complexity index is 532. The van der Waals surface area contributed by atoms with Crippen LogP contribution in [0, 0.1) is 0 Å². The van der Waals surface area contributed by atoms with Gasteiger partial charge in [0.2, 0.25) is 10.0 Å². The molecule has 1 aromatic carbocycles. The van der Waals surface area contributed by atoms with Crippen LogP contribution in [-0.2, 0) is 19.6 Å². The molecule has 0 bridgehead atoms. The zero-order chi connectivity index (χ0) is 13.1. The highest BCUT2D eigenvalue weighted by molar-refractivity contribution is 7.89. The van der Waals surface area contributed by atoms with E-state index >= 15 is 0 Å². The molecule has 0 atom stereocenters. The summed E-state index contributed by atoms with van der Waals surface area (Å²) in [5, 5.41) is 4.89. The molecule has 92 valence electrons. The summed E-state index contributed by atoms with van der Waals surface area (Å²) >= 11 is 0. The van der Waals surface area contributed by atoms with Crippen LogP contribution in [0.2, 0.25) is 0 Å². The Balaban J connectivity index is 2.96. The van der Waals surface area contributed by atoms with E-state index in [2.05, 4.69) is 4.74 Å². The minimum absolute atomic E-state index is 0.0517. The SMILES string of the molecule is CCOC(=O)C(=O)c1ccc(S(N)(=O)=O)cc1. The smallest absolute Gasteiger partial charge is 0.379 e. The Morgan fingerprint density at radius 1 is 1.24 bits per heavy atom.